The lowest BCUT2D eigenvalue weighted by atomic mass is 9.79. The van der Waals surface area contributed by atoms with Gasteiger partial charge >= 0.3 is 0 Å². The molecular formula is C15H26N+. The van der Waals surface area contributed by atoms with E-state index < -0.39 is 0 Å². The third-order valence-electron chi connectivity index (χ3n) is 6.01. The molecule has 0 aromatic rings. The molecule has 0 radical (unpaired) electrons. The maximum Gasteiger partial charge on any atom is 0.118 e. The number of likely N-dealkylation sites (N-methyl/N-ethyl adjacent to an activating group) is 1. The topological polar surface area (TPSA) is 0 Å². The largest absolute Gasteiger partial charge is 0.317 e. The highest BCUT2D eigenvalue weighted by Crippen LogP contribution is 2.52. The molecule has 0 bridgehead atoms. The lowest BCUT2D eigenvalue weighted by molar-refractivity contribution is -0.941. The summed E-state index contributed by atoms with van der Waals surface area (Å²) in [5.74, 6) is 0.974. The molecule has 1 unspecified atom stereocenters. The van der Waals surface area contributed by atoms with Crippen LogP contribution in [0.3, 0.4) is 0 Å². The average Bonchev–Trinajstić information content (AvgIpc) is 2.81. The highest BCUT2D eigenvalue weighted by atomic mass is 15.4. The standard InChI is InChI=1S/C15H26N/c1-4-12-10-15(2)14-7-5-6-13(14)8-9-16(15,3)11-12/h12H,4-11H2,1-3H3/q+1/t12-,15-,16?/m1/s1. The van der Waals surface area contributed by atoms with Gasteiger partial charge < -0.3 is 4.48 Å². The van der Waals surface area contributed by atoms with E-state index in [0.717, 1.165) is 5.92 Å². The molecule has 0 N–H and O–H groups in total. The number of nitrogens with zero attached hydrogens (tertiary/aromatic N) is 1. The molecule has 0 spiro atoms. The van der Waals surface area contributed by atoms with Crippen LogP contribution in [0.5, 0.6) is 0 Å². The van der Waals surface area contributed by atoms with E-state index in [4.69, 9.17) is 0 Å². The van der Waals surface area contributed by atoms with Crippen LogP contribution >= 0.6 is 0 Å². The van der Waals surface area contributed by atoms with Crippen molar-refractivity contribution >= 4 is 0 Å². The Morgan fingerprint density at radius 2 is 2.12 bits per heavy atom. The van der Waals surface area contributed by atoms with E-state index in [0.29, 0.717) is 5.54 Å². The van der Waals surface area contributed by atoms with E-state index in [9.17, 15) is 0 Å². The van der Waals surface area contributed by atoms with Crippen LogP contribution in [-0.4, -0.2) is 30.2 Å². The van der Waals surface area contributed by atoms with Gasteiger partial charge in [-0.3, -0.25) is 0 Å². The molecule has 1 fully saturated rings. The van der Waals surface area contributed by atoms with Crippen molar-refractivity contribution in [1.82, 2.24) is 0 Å². The van der Waals surface area contributed by atoms with Crippen LogP contribution in [0.1, 0.15) is 52.4 Å². The van der Waals surface area contributed by atoms with Gasteiger partial charge in [0.25, 0.3) is 0 Å². The Balaban J connectivity index is 2.02. The Hall–Kier alpha value is -0.300. The molecule has 90 valence electrons. The van der Waals surface area contributed by atoms with Gasteiger partial charge in [0, 0.05) is 18.8 Å². The summed E-state index contributed by atoms with van der Waals surface area (Å²) in [5.41, 5.74) is 4.26. The summed E-state index contributed by atoms with van der Waals surface area (Å²) in [6.07, 6.45) is 8.51. The monoisotopic (exact) mass is 220 g/mol. The molecule has 1 aliphatic carbocycles. The van der Waals surface area contributed by atoms with Crippen LogP contribution in [0.2, 0.25) is 0 Å². The molecule has 1 nitrogen and oxygen atoms in total. The molecule has 0 saturated carbocycles. The van der Waals surface area contributed by atoms with Crippen molar-refractivity contribution in [2.24, 2.45) is 5.92 Å². The van der Waals surface area contributed by atoms with Gasteiger partial charge in [0.05, 0.1) is 20.1 Å². The second-order valence-electron chi connectivity index (χ2n) is 6.74. The lowest BCUT2D eigenvalue weighted by Gasteiger charge is -2.48. The first-order valence-electron chi connectivity index (χ1n) is 7.15. The van der Waals surface area contributed by atoms with Crippen LogP contribution in [0.4, 0.5) is 0 Å². The van der Waals surface area contributed by atoms with Crippen molar-refractivity contribution < 1.29 is 4.48 Å². The predicted molar refractivity (Wildman–Crippen MR) is 68.2 cm³/mol. The van der Waals surface area contributed by atoms with Crippen LogP contribution in [0, 0.1) is 5.92 Å². The van der Waals surface area contributed by atoms with Crippen molar-refractivity contribution in [3.05, 3.63) is 11.1 Å². The second kappa shape index (κ2) is 3.35. The smallest absolute Gasteiger partial charge is 0.118 e. The van der Waals surface area contributed by atoms with Crippen LogP contribution in [0.25, 0.3) is 0 Å². The van der Waals surface area contributed by atoms with Crippen molar-refractivity contribution in [1.29, 1.82) is 0 Å². The van der Waals surface area contributed by atoms with E-state index in [1.54, 1.807) is 0 Å². The van der Waals surface area contributed by atoms with E-state index >= 15 is 0 Å². The number of rotatable bonds is 1. The van der Waals surface area contributed by atoms with Crippen LogP contribution in [-0.2, 0) is 0 Å². The summed E-state index contributed by atoms with van der Waals surface area (Å²) in [6.45, 7) is 7.79. The fourth-order valence-corrected chi connectivity index (χ4v) is 4.79. The SMILES string of the molecule is CC[C@@H]1C[C@]2(C)C3=C(CCC3)CC[N+]2(C)C1. The number of hydrogen-bond acceptors (Lipinski definition) is 0. The normalized spacial score (nSPS) is 47.1. The van der Waals surface area contributed by atoms with Gasteiger partial charge in [0.15, 0.2) is 0 Å². The van der Waals surface area contributed by atoms with Gasteiger partial charge in [-0.1, -0.05) is 12.5 Å². The van der Waals surface area contributed by atoms with Gasteiger partial charge in [-0.25, -0.2) is 0 Å². The molecular weight excluding hydrogens is 194 g/mol. The zero-order chi connectivity index (χ0) is 11.4. The van der Waals surface area contributed by atoms with Crippen molar-refractivity contribution in [2.45, 2.75) is 57.9 Å². The zero-order valence-corrected chi connectivity index (χ0v) is 11.2. The highest BCUT2D eigenvalue weighted by molar-refractivity contribution is 5.31. The summed E-state index contributed by atoms with van der Waals surface area (Å²) in [6, 6.07) is 0. The van der Waals surface area contributed by atoms with E-state index in [1.807, 2.05) is 11.1 Å². The molecule has 2 heterocycles. The van der Waals surface area contributed by atoms with E-state index in [1.165, 1.54) is 56.1 Å². The molecule has 1 saturated heterocycles. The summed E-state index contributed by atoms with van der Waals surface area (Å²) in [5, 5.41) is 0. The second-order valence-corrected chi connectivity index (χ2v) is 6.74. The Kier molecular flexibility index (Phi) is 2.27. The highest BCUT2D eigenvalue weighted by Gasteiger charge is 2.57. The fraction of sp³-hybridized carbons (Fsp3) is 0.867. The lowest BCUT2D eigenvalue weighted by Crippen LogP contribution is -2.59. The molecule has 2 aliphatic heterocycles. The number of hydrogen-bond donors (Lipinski definition) is 0. The zero-order valence-electron chi connectivity index (χ0n) is 11.2. The fourth-order valence-electron chi connectivity index (χ4n) is 4.79. The summed E-state index contributed by atoms with van der Waals surface area (Å²) >= 11 is 0. The van der Waals surface area contributed by atoms with Gasteiger partial charge in [0.1, 0.15) is 5.54 Å². The average molecular weight is 220 g/mol. The maximum absolute atomic E-state index is 2.57. The Morgan fingerprint density at radius 1 is 1.31 bits per heavy atom. The first-order valence-corrected chi connectivity index (χ1v) is 7.15. The van der Waals surface area contributed by atoms with E-state index in [2.05, 4.69) is 20.9 Å². The summed E-state index contributed by atoms with van der Waals surface area (Å²) < 4.78 is 1.35. The molecule has 3 atom stereocenters. The number of quaternary nitrogens is 1. The van der Waals surface area contributed by atoms with Crippen LogP contribution < -0.4 is 0 Å². The molecule has 0 aromatic carbocycles. The Labute approximate surface area is 100 Å². The predicted octanol–water partition coefficient (Wildman–Crippen LogP) is 3.51. The first-order chi connectivity index (χ1) is 7.59. The minimum atomic E-state index is 0.519. The molecule has 1 heteroatoms. The first kappa shape index (κ1) is 10.8. The van der Waals surface area contributed by atoms with Gasteiger partial charge in [-0.2, -0.15) is 0 Å². The number of fused-ring (bicyclic) bond motifs is 2. The van der Waals surface area contributed by atoms with Crippen molar-refractivity contribution in [3.63, 3.8) is 0 Å². The quantitative estimate of drug-likeness (QED) is 0.468. The minimum Gasteiger partial charge on any atom is -0.317 e. The maximum atomic E-state index is 2.57. The van der Waals surface area contributed by atoms with Gasteiger partial charge in [-0.15, -0.1) is 0 Å². The minimum absolute atomic E-state index is 0.519. The molecule has 3 rings (SSSR count). The van der Waals surface area contributed by atoms with Crippen LogP contribution in [0.15, 0.2) is 11.1 Å². The van der Waals surface area contributed by atoms with Gasteiger partial charge in [-0.05, 0) is 38.2 Å². The third-order valence-corrected chi connectivity index (χ3v) is 6.01. The van der Waals surface area contributed by atoms with Gasteiger partial charge in [0.2, 0.25) is 0 Å². The Bertz CT molecular complexity index is 343. The summed E-state index contributed by atoms with van der Waals surface area (Å²) in [4.78, 5) is 0. The molecule has 0 amide bonds. The molecule has 0 aromatic heterocycles. The summed E-state index contributed by atoms with van der Waals surface area (Å²) in [7, 11) is 2.53. The van der Waals surface area contributed by atoms with Crippen molar-refractivity contribution in [3.8, 4) is 0 Å². The van der Waals surface area contributed by atoms with E-state index in [-0.39, 0.29) is 0 Å². The van der Waals surface area contributed by atoms with Crippen molar-refractivity contribution in [2.75, 3.05) is 20.1 Å². The third kappa shape index (κ3) is 1.21. The molecule has 16 heavy (non-hydrogen) atoms. The molecule has 3 aliphatic rings. The Morgan fingerprint density at radius 3 is 2.88 bits per heavy atom.